The summed E-state index contributed by atoms with van der Waals surface area (Å²) in [6.07, 6.45) is 1.50. The molecule has 0 aliphatic heterocycles. The van der Waals surface area contributed by atoms with Gasteiger partial charge in [-0.15, -0.1) is 0 Å². The monoisotopic (exact) mass is 325 g/mol. The van der Waals surface area contributed by atoms with Crippen molar-refractivity contribution < 1.29 is 9.72 Å². The molecule has 0 fully saturated rings. The Morgan fingerprint density at radius 3 is 2.46 bits per heavy atom. The quantitative estimate of drug-likeness (QED) is 0.520. The van der Waals surface area contributed by atoms with E-state index in [1.807, 2.05) is 32.9 Å². The number of para-hydroxylation sites is 1. The van der Waals surface area contributed by atoms with Crippen LogP contribution in [0.25, 0.3) is 0 Å². The van der Waals surface area contributed by atoms with Crippen LogP contribution in [0, 0.1) is 30.9 Å². The van der Waals surface area contributed by atoms with Gasteiger partial charge in [0.25, 0.3) is 5.69 Å². The maximum atomic E-state index is 12.0. The number of nitrogens with zero attached hydrogens (tertiary/aromatic N) is 2. The summed E-state index contributed by atoms with van der Waals surface area (Å²) in [5.41, 5.74) is 6.98. The largest absolute Gasteiger partial charge is 0.273 e. The molecule has 0 aliphatic carbocycles. The molecule has 2 rings (SSSR count). The van der Waals surface area contributed by atoms with Crippen LogP contribution in [-0.2, 0) is 11.2 Å². The maximum Gasteiger partial charge on any atom is 0.273 e. The van der Waals surface area contributed by atoms with E-state index >= 15 is 0 Å². The summed E-state index contributed by atoms with van der Waals surface area (Å²) >= 11 is 0. The van der Waals surface area contributed by atoms with Gasteiger partial charge in [0.2, 0.25) is 5.91 Å². The molecule has 6 heteroatoms. The Morgan fingerprint density at radius 1 is 1.21 bits per heavy atom. The Labute approximate surface area is 140 Å². The van der Waals surface area contributed by atoms with Crippen LogP contribution in [-0.4, -0.2) is 17.0 Å². The minimum absolute atomic E-state index is 0.0677. The lowest BCUT2D eigenvalue weighted by molar-refractivity contribution is -0.385. The van der Waals surface area contributed by atoms with Gasteiger partial charge in [-0.2, -0.15) is 5.10 Å². The van der Waals surface area contributed by atoms with Gasteiger partial charge in [-0.3, -0.25) is 14.9 Å². The fourth-order valence-corrected chi connectivity index (χ4v) is 2.61. The second-order valence-electron chi connectivity index (χ2n) is 5.67. The molecule has 0 aliphatic rings. The third kappa shape index (κ3) is 4.25. The van der Waals surface area contributed by atoms with Crippen molar-refractivity contribution in [2.24, 2.45) is 5.10 Å². The van der Waals surface area contributed by atoms with E-state index in [4.69, 9.17) is 0 Å². The second kappa shape index (κ2) is 7.50. The van der Waals surface area contributed by atoms with Crippen LogP contribution in [0.5, 0.6) is 0 Å². The second-order valence-corrected chi connectivity index (χ2v) is 5.67. The minimum atomic E-state index is -0.495. The predicted molar refractivity (Wildman–Crippen MR) is 93.2 cm³/mol. The minimum Gasteiger partial charge on any atom is -0.273 e. The van der Waals surface area contributed by atoms with Crippen molar-refractivity contribution in [2.45, 2.75) is 27.2 Å². The number of carbonyl (C=O) groups excluding carboxylic acids is 1. The number of amides is 1. The highest BCUT2D eigenvalue weighted by Gasteiger charge is 2.15. The maximum absolute atomic E-state index is 12.0. The van der Waals surface area contributed by atoms with E-state index in [9.17, 15) is 14.9 Å². The highest BCUT2D eigenvalue weighted by atomic mass is 16.6. The Bertz CT molecular complexity index is 790. The van der Waals surface area contributed by atoms with Gasteiger partial charge >= 0.3 is 0 Å². The first-order valence-electron chi connectivity index (χ1n) is 7.50. The molecule has 1 N–H and O–H groups in total. The molecule has 124 valence electrons. The fraction of sp³-hybridized carbons (Fsp3) is 0.222. The van der Waals surface area contributed by atoms with Crippen LogP contribution in [0.4, 0.5) is 5.69 Å². The first kappa shape index (κ1) is 17.3. The molecule has 0 unspecified atom stereocenters. The molecule has 0 spiro atoms. The molecular weight excluding hydrogens is 306 g/mol. The third-order valence-electron chi connectivity index (χ3n) is 3.66. The summed E-state index contributed by atoms with van der Waals surface area (Å²) in [5.74, 6) is -0.400. The van der Waals surface area contributed by atoms with Gasteiger partial charge < -0.3 is 0 Å². The fourth-order valence-electron chi connectivity index (χ4n) is 2.61. The number of nitro groups is 1. The number of hydrogen-bond acceptors (Lipinski definition) is 4. The highest BCUT2D eigenvalue weighted by Crippen LogP contribution is 2.18. The van der Waals surface area contributed by atoms with Crippen molar-refractivity contribution >= 4 is 17.8 Å². The molecule has 0 bridgehead atoms. The van der Waals surface area contributed by atoms with Crippen molar-refractivity contribution in [1.29, 1.82) is 0 Å². The Balaban J connectivity index is 2.06. The molecule has 0 radical (unpaired) electrons. The van der Waals surface area contributed by atoms with Gasteiger partial charge in [0, 0.05) is 17.2 Å². The molecule has 1 amide bonds. The van der Waals surface area contributed by atoms with Crippen LogP contribution >= 0.6 is 0 Å². The molecule has 6 nitrogen and oxygen atoms in total. The Hall–Kier alpha value is -3.02. The van der Waals surface area contributed by atoms with Gasteiger partial charge in [0.1, 0.15) is 0 Å². The zero-order valence-corrected chi connectivity index (χ0v) is 13.9. The van der Waals surface area contributed by atoms with Gasteiger partial charge in [-0.25, -0.2) is 5.43 Å². The molecule has 2 aromatic carbocycles. The molecule has 0 atom stereocenters. The zero-order chi connectivity index (χ0) is 17.7. The van der Waals surface area contributed by atoms with Crippen LogP contribution in [0.2, 0.25) is 0 Å². The van der Waals surface area contributed by atoms with Gasteiger partial charge in [-0.1, -0.05) is 35.9 Å². The van der Waals surface area contributed by atoms with Crippen LogP contribution in [0.3, 0.4) is 0 Å². The van der Waals surface area contributed by atoms with Gasteiger partial charge in [0.05, 0.1) is 17.6 Å². The SMILES string of the molecule is Cc1cc(C)c(/C=N/NC(=O)Cc2ccccc2[N+](=O)[O-])c(C)c1. The van der Waals surface area contributed by atoms with Crippen molar-refractivity contribution in [3.63, 3.8) is 0 Å². The van der Waals surface area contributed by atoms with Gasteiger partial charge in [-0.05, 0) is 31.9 Å². The smallest absolute Gasteiger partial charge is 0.273 e. The van der Waals surface area contributed by atoms with E-state index in [1.54, 1.807) is 24.4 Å². The molecule has 0 saturated carbocycles. The lowest BCUT2D eigenvalue weighted by atomic mass is 10.0. The number of nitrogens with one attached hydrogen (secondary N) is 1. The number of nitro benzene ring substituents is 1. The van der Waals surface area contributed by atoms with E-state index in [2.05, 4.69) is 10.5 Å². The summed E-state index contributed by atoms with van der Waals surface area (Å²) in [7, 11) is 0. The molecule has 0 aromatic heterocycles. The molecule has 0 saturated heterocycles. The Morgan fingerprint density at radius 2 is 1.83 bits per heavy atom. The molecule has 2 aromatic rings. The van der Waals surface area contributed by atoms with Crippen molar-refractivity contribution in [1.82, 2.24) is 5.43 Å². The normalized spacial score (nSPS) is 10.8. The van der Waals surface area contributed by atoms with E-state index in [1.165, 1.54) is 11.6 Å². The standard InChI is InChI=1S/C18H19N3O3/c1-12-8-13(2)16(14(3)9-12)11-19-20-18(22)10-15-6-4-5-7-17(15)21(23)24/h4-9,11H,10H2,1-3H3,(H,20,22)/b19-11+. The summed E-state index contributed by atoms with van der Waals surface area (Å²) in [6, 6.07) is 10.3. The lowest BCUT2D eigenvalue weighted by Gasteiger charge is -2.06. The van der Waals surface area contributed by atoms with Crippen LogP contribution in [0.15, 0.2) is 41.5 Å². The lowest BCUT2D eigenvalue weighted by Crippen LogP contribution is -2.20. The van der Waals surface area contributed by atoms with Crippen molar-refractivity contribution in [3.8, 4) is 0 Å². The third-order valence-corrected chi connectivity index (χ3v) is 3.66. The molecular formula is C18H19N3O3. The number of aryl methyl sites for hydroxylation is 3. The summed E-state index contributed by atoms with van der Waals surface area (Å²) < 4.78 is 0. The first-order chi connectivity index (χ1) is 11.4. The van der Waals surface area contributed by atoms with Gasteiger partial charge in [0.15, 0.2) is 0 Å². The summed E-state index contributed by atoms with van der Waals surface area (Å²) in [5, 5.41) is 14.9. The van der Waals surface area contributed by atoms with Crippen molar-refractivity contribution in [3.05, 3.63) is 74.3 Å². The van der Waals surface area contributed by atoms with E-state index in [0.29, 0.717) is 5.56 Å². The van der Waals surface area contributed by atoms with Crippen molar-refractivity contribution in [2.75, 3.05) is 0 Å². The molecule has 0 heterocycles. The number of hydrogen-bond donors (Lipinski definition) is 1. The molecule has 24 heavy (non-hydrogen) atoms. The number of carbonyl (C=O) groups is 1. The number of hydrazone groups is 1. The van der Waals surface area contributed by atoms with E-state index < -0.39 is 10.8 Å². The topological polar surface area (TPSA) is 84.6 Å². The average molecular weight is 325 g/mol. The predicted octanol–water partition coefficient (Wildman–Crippen LogP) is 3.21. The number of rotatable bonds is 5. The van der Waals surface area contributed by atoms with Crippen LogP contribution < -0.4 is 5.43 Å². The first-order valence-corrected chi connectivity index (χ1v) is 7.50. The summed E-state index contributed by atoms with van der Waals surface area (Å²) in [6.45, 7) is 5.99. The average Bonchev–Trinajstić information content (AvgIpc) is 2.50. The number of benzene rings is 2. The Kier molecular flexibility index (Phi) is 5.42. The summed E-state index contributed by atoms with van der Waals surface area (Å²) in [4.78, 5) is 22.4. The van der Waals surface area contributed by atoms with E-state index in [-0.39, 0.29) is 12.1 Å². The highest BCUT2D eigenvalue weighted by molar-refractivity contribution is 5.86. The zero-order valence-electron chi connectivity index (χ0n) is 13.9. The van der Waals surface area contributed by atoms with Crippen LogP contribution in [0.1, 0.15) is 27.8 Å². The van der Waals surface area contributed by atoms with E-state index in [0.717, 1.165) is 16.7 Å².